The Morgan fingerprint density at radius 3 is 2.42 bits per heavy atom. The third-order valence-corrected chi connectivity index (χ3v) is 4.89. The molecule has 2 aromatic rings. The van der Waals surface area contributed by atoms with Crippen LogP contribution in [-0.4, -0.2) is 37.1 Å². The number of benzene rings is 2. The van der Waals surface area contributed by atoms with E-state index in [9.17, 15) is 9.59 Å². The van der Waals surface area contributed by atoms with Crippen LogP contribution < -0.4 is 14.8 Å². The number of halogens is 1. The quantitative estimate of drug-likeness (QED) is 0.731. The van der Waals surface area contributed by atoms with Crippen LogP contribution in [0.2, 0.25) is 0 Å². The second-order valence-electron chi connectivity index (χ2n) is 5.91. The van der Waals surface area contributed by atoms with Gasteiger partial charge in [-0.15, -0.1) is 0 Å². The summed E-state index contributed by atoms with van der Waals surface area (Å²) in [6.45, 7) is 0.114. The van der Waals surface area contributed by atoms with Gasteiger partial charge in [0.05, 0.1) is 25.2 Å². The van der Waals surface area contributed by atoms with E-state index in [2.05, 4.69) is 21.2 Å². The molecule has 1 N–H and O–H groups in total. The van der Waals surface area contributed by atoms with Crippen molar-refractivity contribution in [2.45, 2.75) is 19.0 Å². The number of nitrogens with one attached hydrogen (secondary N) is 1. The van der Waals surface area contributed by atoms with Crippen LogP contribution in [0.3, 0.4) is 0 Å². The first kappa shape index (κ1) is 18.3. The Bertz CT molecular complexity index is 826. The Morgan fingerprint density at radius 2 is 1.77 bits per heavy atom. The summed E-state index contributed by atoms with van der Waals surface area (Å²) in [5.41, 5.74) is 1.69. The van der Waals surface area contributed by atoms with Crippen molar-refractivity contribution in [3.8, 4) is 11.5 Å². The fourth-order valence-electron chi connectivity index (χ4n) is 2.93. The lowest BCUT2D eigenvalue weighted by Gasteiger charge is -2.17. The van der Waals surface area contributed by atoms with Crippen LogP contribution >= 0.6 is 15.9 Å². The SMILES string of the molecule is COc1cc(CN2C(=O)NC(Cc3ccccc3)C2=O)c(OC)cc1Br. The van der Waals surface area contributed by atoms with Crippen LogP contribution in [0.4, 0.5) is 4.79 Å². The van der Waals surface area contributed by atoms with E-state index in [1.165, 1.54) is 4.90 Å². The predicted molar refractivity (Wildman–Crippen MR) is 100 cm³/mol. The van der Waals surface area contributed by atoms with Gasteiger partial charge in [0.25, 0.3) is 5.91 Å². The third-order valence-electron chi connectivity index (χ3n) is 4.27. The minimum Gasteiger partial charge on any atom is -0.496 e. The highest BCUT2D eigenvalue weighted by molar-refractivity contribution is 9.10. The van der Waals surface area contributed by atoms with E-state index in [0.29, 0.717) is 23.5 Å². The molecule has 7 heteroatoms. The van der Waals surface area contributed by atoms with Gasteiger partial charge < -0.3 is 14.8 Å². The lowest BCUT2D eigenvalue weighted by Crippen LogP contribution is -2.32. The van der Waals surface area contributed by atoms with Gasteiger partial charge in [-0.25, -0.2) is 4.79 Å². The number of urea groups is 1. The molecule has 2 aromatic carbocycles. The molecular formula is C19H19BrN2O4. The van der Waals surface area contributed by atoms with E-state index in [-0.39, 0.29) is 12.5 Å². The number of nitrogens with zero attached hydrogens (tertiary/aromatic N) is 1. The molecule has 6 nitrogen and oxygen atoms in total. The number of methoxy groups -OCH3 is 2. The summed E-state index contributed by atoms with van der Waals surface area (Å²) in [4.78, 5) is 26.2. The summed E-state index contributed by atoms with van der Waals surface area (Å²) in [6.07, 6.45) is 0.461. The van der Waals surface area contributed by atoms with Gasteiger partial charge >= 0.3 is 6.03 Å². The fraction of sp³-hybridized carbons (Fsp3) is 0.263. The Kier molecular flexibility index (Phi) is 5.46. The fourth-order valence-corrected chi connectivity index (χ4v) is 3.42. The lowest BCUT2D eigenvalue weighted by molar-refractivity contribution is -0.127. The van der Waals surface area contributed by atoms with Crippen LogP contribution in [0, 0.1) is 0 Å². The third kappa shape index (κ3) is 3.67. The van der Waals surface area contributed by atoms with Gasteiger partial charge in [-0.2, -0.15) is 0 Å². The highest BCUT2D eigenvalue weighted by atomic mass is 79.9. The first-order chi connectivity index (χ1) is 12.5. The monoisotopic (exact) mass is 418 g/mol. The van der Waals surface area contributed by atoms with E-state index >= 15 is 0 Å². The molecular weight excluding hydrogens is 400 g/mol. The van der Waals surface area contributed by atoms with Crippen molar-refractivity contribution in [3.63, 3.8) is 0 Å². The van der Waals surface area contributed by atoms with Crippen molar-refractivity contribution in [2.75, 3.05) is 14.2 Å². The summed E-state index contributed by atoms with van der Waals surface area (Å²) in [6, 6.07) is 12.2. The van der Waals surface area contributed by atoms with E-state index in [4.69, 9.17) is 9.47 Å². The van der Waals surface area contributed by atoms with Gasteiger partial charge in [0, 0.05) is 12.0 Å². The molecule has 136 valence electrons. The van der Waals surface area contributed by atoms with Gasteiger partial charge in [0.2, 0.25) is 0 Å². The maximum atomic E-state index is 12.7. The Morgan fingerprint density at radius 1 is 1.08 bits per heavy atom. The zero-order valence-electron chi connectivity index (χ0n) is 14.5. The van der Waals surface area contributed by atoms with E-state index in [0.717, 1.165) is 10.0 Å². The van der Waals surface area contributed by atoms with Gasteiger partial charge in [-0.05, 0) is 33.6 Å². The maximum Gasteiger partial charge on any atom is 0.325 e. The van der Waals surface area contributed by atoms with Crippen molar-refractivity contribution >= 4 is 27.9 Å². The van der Waals surface area contributed by atoms with Crippen molar-refractivity contribution < 1.29 is 19.1 Å². The number of hydrogen-bond donors (Lipinski definition) is 1. The minimum atomic E-state index is -0.562. The number of ether oxygens (including phenoxy) is 2. The molecule has 1 heterocycles. The van der Waals surface area contributed by atoms with Crippen LogP contribution in [-0.2, 0) is 17.8 Å². The largest absolute Gasteiger partial charge is 0.496 e. The molecule has 1 unspecified atom stereocenters. The maximum absolute atomic E-state index is 12.7. The van der Waals surface area contributed by atoms with Gasteiger partial charge in [-0.3, -0.25) is 9.69 Å². The van der Waals surface area contributed by atoms with E-state index in [1.54, 1.807) is 26.4 Å². The molecule has 1 saturated heterocycles. The average Bonchev–Trinajstić information content (AvgIpc) is 2.90. The number of imide groups is 1. The smallest absolute Gasteiger partial charge is 0.325 e. The highest BCUT2D eigenvalue weighted by Gasteiger charge is 2.38. The first-order valence-corrected chi connectivity index (χ1v) is 8.89. The van der Waals surface area contributed by atoms with Crippen LogP contribution in [0.15, 0.2) is 46.9 Å². The van der Waals surface area contributed by atoms with Crippen molar-refractivity contribution in [2.24, 2.45) is 0 Å². The zero-order chi connectivity index (χ0) is 18.7. The second kappa shape index (κ2) is 7.78. The molecule has 3 rings (SSSR count). The summed E-state index contributed by atoms with van der Waals surface area (Å²) in [5, 5.41) is 2.76. The van der Waals surface area contributed by atoms with Gasteiger partial charge in [0.1, 0.15) is 17.5 Å². The molecule has 26 heavy (non-hydrogen) atoms. The normalized spacial score (nSPS) is 16.6. The number of carbonyl (C=O) groups excluding carboxylic acids is 2. The summed E-state index contributed by atoms with van der Waals surface area (Å²) in [7, 11) is 3.10. The molecule has 1 aliphatic heterocycles. The predicted octanol–water partition coefficient (Wildman–Crippen LogP) is 3.13. The minimum absolute atomic E-state index is 0.114. The molecule has 0 bridgehead atoms. The van der Waals surface area contributed by atoms with E-state index < -0.39 is 12.1 Å². The van der Waals surface area contributed by atoms with Crippen molar-refractivity contribution in [3.05, 3.63) is 58.1 Å². The highest BCUT2D eigenvalue weighted by Crippen LogP contribution is 2.34. The molecule has 0 spiro atoms. The Labute approximate surface area is 160 Å². The molecule has 0 radical (unpaired) electrons. The lowest BCUT2D eigenvalue weighted by atomic mass is 10.1. The molecule has 0 saturated carbocycles. The average molecular weight is 419 g/mol. The molecule has 3 amide bonds. The van der Waals surface area contributed by atoms with Crippen molar-refractivity contribution in [1.82, 2.24) is 10.2 Å². The molecule has 1 atom stereocenters. The number of amides is 3. The number of carbonyl (C=O) groups is 2. The van der Waals surface area contributed by atoms with Crippen LogP contribution in [0.5, 0.6) is 11.5 Å². The van der Waals surface area contributed by atoms with Gasteiger partial charge in [-0.1, -0.05) is 30.3 Å². The topological polar surface area (TPSA) is 67.9 Å². The summed E-state index contributed by atoms with van der Waals surface area (Å²) >= 11 is 3.40. The van der Waals surface area contributed by atoms with Gasteiger partial charge in [0.15, 0.2) is 0 Å². The summed E-state index contributed by atoms with van der Waals surface area (Å²) in [5.74, 6) is 0.932. The van der Waals surface area contributed by atoms with Crippen LogP contribution in [0.25, 0.3) is 0 Å². The molecule has 1 fully saturated rings. The van der Waals surface area contributed by atoms with E-state index in [1.807, 2.05) is 30.3 Å². The second-order valence-corrected chi connectivity index (χ2v) is 6.77. The molecule has 0 aromatic heterocycles. The van der Waals surface area contributed by atoms with Crippen LogP contribution in [0.1, 0.15) is 11.1 Å². The Hall–Kier alpha value is -2.54. The standard InChI is InChI=1S/C19H19BrN2O4/c1-25-16-10-14(20)17(26-2)9-13(16)11-22-18(23)15(21-19(22)24)8-12-6-4-3-5-7-12/h3-7,9-10,15H,8,11H2,1-2H3,(H,21,24). The number of rotatable bonds is 6. The number of hydrogen-bond acceptors (Lipinski definition) is 4. The molecule has 1 aliphatic rings. The zero-order valence-corrected chi connectivity index (χ0v) is 16.1. The summed E-state index contributed by atoms with van der Waals surface area (Å²) < 4.78 is 11.4. The first-order valence-electron chi connectivity index (χ1n) is 8.09. The Balaban J connectivity index is 1.80. The molecule has 0 aliphatic carbocycles. The van der Waals surface area contributed by atoms with Crippen molar-refractivity contribution in [1.29, 1.82) is 0 Å².